The van der Waals surface area contributed by atoms with Crippen LogP contribution < -0.4 is 11.1 Å². The lowest BCUT2D eigenvalue weighted by atomic mass is 10.1. The van der Waals surface area contributed by atoms with Crippen LogP contribution in [0.15, 0.2) is 18.2 Å². The molecule has 1 aliphatic heterocycles. The van der Waals surface area contributed by atoms with Crippen LogP contribution in [0.4, 0.5) is 11.4 Å². The Morgan fingerprint density at radius 1 is 1.32 bits per heavy atom. The van der Waals surface area contributed by atoms with Gasteiger partial charge in [0.15, 0.2) is 0 Å². The van der Waals surface area contributed by atoms with Crippen LogP contribution in [0.1, 0.15) is 41.3 Å². The summed E-state index contributed by atoms with van der Waals surface area (Å²) in [4.78, 5) is 22.5. The van der Waals surface area contributed by atoms with Crippen molar-refractivity contribution in [3.63, 3.8) is 0 Å². The number of nitro benzene ring substituents is 1. The predicted octanol–water partition coefficient (Wildman–Crippen LogP) is 1.47. The van der Waals surface area contributed by atoms with Crippen LogP contribution in [-0.4, -0.2) is 32.1 Å². The van der Waals surface area contributed by atoms with Crippen molar-refractivity contribution in [3.8, 4) is 0 Å². The minimum Gasteiger partial charge on any atom is -0.393 e. The highest BCUT2D eigenvalue weighted by atomic mass is 16.6. The van der Waals surface area contributed by atoms with Crippen LogP contribution in [0.25, 0.3) is 0 Å². The minimum absolute atomic E-state index is 0.0349. The van der Waals surface area contributed by atoms with Gasteiger partial charge in [-0.25, -0.2) is 0 Å². The Labute approximate surface area is 144 Å². The molecular weight excluding hydrogens is 324 g/mol. The van der Waals surface area contributed by atoms with Gasteiger partial charge in [-0.3, -0.25) is 14.9 Å². The molecule has 132 valence electrons. The summed E-state index contributed by atoms with van der Waals surface area (Å²) in [7, 11) is 0. The molecular formula is C16H20N6O3. The fraction of sp³-hybridized carbons (Fsp3) is 0.438. The maximum absolute atomic E-state index is 12.2. The Balaban J connectivity index is 1.61. The van der Waals surface area contributed by atoms with E-state index in [1.54, 1.807) is 0 Å². The Morgan fingerprint density at radius 3 is 2.96 bits per heavy atom. The van der Waals surface area contributed by atoms with E-state index < -0.39 is 4.92 Å². The van der Waals surface area contributed by atoms with Gasteiger partial charge in [-0.05, 0) is 25.0 Å². The van der Waals surface area contributed by atoms with Crippen LogP contribution in [0.2, 0.25) is 0 Å². The average Bonchev–Trinajstić information content (AvgIpc) is 2.82. The molecule has 0 radical (unpaired) electrons. The first-order valence-corrected chi connectivity index (χ1v) is 8.29. The first-order valence-electron chi connectivity index (χ1n) is 8.29. The average molecular weight is 344 g/mol. The zero-order chi connectivity index (χ0) is 17.8. The number of nitro groups is 1. The molecule has 25 heavy (non-hydrogen) atoms. The first kappa shape index (κ1) is 16.9. The number of amides is 1. The Morgan fingerprint density at radius 2 is 2.16 bits per heavy atom. The van der Waals surface area contributed by atoms with Gasteiger partial charge in [-0.2, -0.15) is 0 Å². The molecule has 1 aliphatic rings. The molecule has 1 amide bonds. The van der Waals surface area contributed by atoms with Crippen molar-refractivity contribution < 1.29 is 9.72 Å². The Kier molecular flexibility index (Phi) is 4.92. The quantitative estimate of drug-likeness (QED) is 0.480. The molecule has 0 spiro atoms. The van der Waals surface area contributed by atoms with Crippen molar-refractivity contribution in [2.45, 2.75) is 38.6 Å². The van der Waals surface area contributed by atoms with E-state index in [4.69, 9.17) is 5.73 Å². The van der Waals surface area contributed by atoms with Crippen molar-refractivity contribution in [3.05, 3.63) is 45.5 Å². The highest BCUT2D eigenvalue weighted by molar-refractivity contribution is 5.95. The summed E-state index contributed by atoms with van der Waals surface area (Å²) < 4.78 is 2.13. The maximum atomic E-state index is 12.2. The number of nitrogens with one attached hydrogen (secondary N) is 1. The van der Waals surface area contributed by atoms with Crippen molar-refractivity contribution in [1.29, 1.82) is 0 Å². The lowest BCUT2D eigenvalue weighted by molar-refractivity contribution is -0.383. The zero-order valence-electron chi connectivity index (χ0n) is 13.8. The van der Waals surface area contributed by atoms with Gasteiger partial charge in [0.05, 0.1) is 4.92 Å². The molecule has 9 heteroatoms. The predicted molar refractivity (Wildman–Crippen MR) is 91.1 cm³/mol. The van der Waals surface area contributed by atoms with Gasteiger partial charge in [0.1, 0.15) is 17.3 Å². The Hall–Kier alpha value is -2.97. The summed E-state index contributed by atoms with van der Waals surface area (Å²) in [5.74, 6) is 1.49. The fourth-order valence-corrected chi connectivity index (χ4v) is 2.96. The molecule has 0 bridgehead atoms. The SMILES string of the molecule is Nc1ccc(C(=O)NCCc2nnc3n2CCCCC3)cc1[N+](=O)[O-]. The summed E-state index contributed by atoms with van der Waals surface area (Å²) in [6, 6.07) is 4.03. The number of hydrogen-bond donors (Lipinski definition) is 2. The third-order valence-corrected chi connectivity index (χ3v) is 4.31. The lowest BCUT2D eigenvalue weighted by Crippen LogP contribution is -2.26. The van der Waals surface area contributed by atoms with E-state index in [0.29, 0.717) is 13.0 Å². The number of carbonyl (C=O) groups excluding carboxylic acids is 1. The van der Waals surface area contributed by atoms with E-state index in [0.717, 1.165) is 37.5 Å². The van der Waals surface area contributed by atoms with Gasteiger partial charge in [-0.15, -0.1) is 10.2 Å². The monoisotopic (exact) mass is 344 g/mol. The first-order chi connectivity index (χ1) is 12.1. The third kappa shape index (κ3) is 3.76. The number of nitrogen functional groups attached to an aromatic ring is 1. The van der Waals surface area contributed by atoms with E-state index in [-0.39, 0.29) is 22.8 Å². The van der Waals surface area contributed by atoms with Gasteiger partial charge in [0, 0.05) is 37.6 Å². The van der Waals surface area contributed by atoms with E-state index in [2.05, 4.69) is 20.1 Å². The van der Waals surface area contributed by atoms with Crippen LogP contribution in [0.3, 0.4) is 0 Å². The molecule has 0 unspecified atom stereocenters. The molecule has 0 atom stereocenters. The molecule has 9 nitrogen and oxygen atoms in total. The molecule has 1 aromatic carbocycles. The maximum Gasteiger partial charge on any atom is 0.292 e. The second-order valence-electron chi connectivity index (χ2n) is 6.03. The summed E-state index contributed by atoms with van der Waals surface area (Å²) in [6.45, 7) is 1.30. The second kappa shape index (κ2) is 7.29. The summed E-state index contributed by atoms with van der Waals surface area (Å²) in [6.07, 6.45) is 4.93. The molecule has 3 N–H and O–H groups in total. The van der Waals surface area contributed by atoms with Crippen molar-refractivity contribution >= 4 is 17.3 Å². The van der Waals surface area contributed by atoms with Crippen molar-refractivity contribution in [2.24, 2.45) is 0 Å². The third-order valence-electron chi connectivity index (χ3n) is 4.31. The minimum atomic E-state index is -0.600. The highest BCUT2D eigenvalue weighted by Gasteiger charge is 2.17. The molecule has 3 rings (SSSR count). The molecule has 0 aliphatic carbocycles. The molecule has 2 heterocycles. The largest absolute Gasteiger partial charge is 0.393 e. The molecule has 0 saturated heterocycles. The fourth-order valence-electron chi connectivity index (χ4n) is 2.96. The number of nitrogens with zero attached hydrogens (tertiary/aromatic N) is 4. The number of hydrogen-bond acceptors (Lipinski definition) is 6. The van der Waals surface area contributed by atoms with Crippen LogP contribution in [0.5, 0.6) is 0 Å². The normalized spacial score (nSPS) is 13.8. The van der Waals surface area contributed by atoms with Crippen molar-refractivity contribution in [2.75, 3.05) is 12.3 Å². The number of aromatic nitrogens is 3. The molecule has 2 aromatic rings. The van der Waals surface area contributed by atoms with E-state index in [1.165, 1.54) is 24.6 Å². The number of carbonyl (C=O) groups is 1. The number of anilines is 1. The summed E-state index contributed by atoms with van der Waals surface area (Å²) >= 11 is 0. The molecule has 0 saturated carbocycles. The number of fused-ring (bicyclic) bond motifs is 1. The number of benzene rings is 1. The molecule has 1 aromatic heterocycles. The van der Waals surface area contributed by atoms with E-state index in [9.17, 15) is 14.9 Å². The van der Waals surface area contributed by atoms with Crippen LogP contribution >= 0.6 is 0 Å². The Bertz CT molecular complexity index is 801. The highest BCUT2D eigenvalue weighted by Crippen LogP contribution is 2.22. The zero-order valence-corrected chi connectivity index (χ0v) is 13.8. The number of rotatable bonds is 5. The van der Waals surface area contributed by atoms with Crippen molar-refractivity contribution in [1.82, 2.24) is 20.1 Å². The number of nitrogens with two attached hydrogens (primary N) is 1. The topological polar surface area (TPSA) is 129 Å². The van der Waals surface area contributed by atoms with Gasteiger partial charge in [0.25, 0.3) is 11.6 Å². The standard InChI is InChI=1S/C16H20N6O3/c17-12-6-5-11(10-13(12)22(24)25)16(23)18-8-7-15-20-19-14-4-2-1-3-9-21(14)15/h5-6,10H,1-4,7-9,17H2,(H,18,23). The molecule has 0 fully saturated rings. The van der Waals surface area contributed by atoms with Crippen LogP contribution in [-0.2, 0) is 19.4 Å². The van der Waals surface area contributed by atoms with Gasteiger partial charge >= 0.3 is 0 Å². The second-order valence-corrected chi connectivity index (χ2v) is 6.03. The van der Waals surface area contributed by atoms with Gasteiger partial charge < -0.3 is 15.6 Å². The van der Waals surface area contributed by atoms with Crippen LogP contribution in [0, 0.1) is 10.1 Å². The summed E-state index contributed by atoms with van der Waals surface area (Å²) in [5, 5.41) is 22.1. The van der Waals surface area contributed by atoms with E-state index in [1.807, 2.05) is 0 Å². The summed E-state index contributed by atoms with van der Waals surface area (Å²) in [5.41, 5.74) is 5.52. The van der Waals surface area contributed by atoms with Gasteiger partial charge in [0.2, 0.25) is 0 Å². The smallest absolute Gasteiger partial charge is 0.292 e. The van der Waals surface area contributed by atoms with Gasteiger partial charge in [-0.1, -0.05) is 6.42 Å². The lowest BCUT2D eigenvalue weighted by Gasteiger charge is -2.08. The number of aryl methyl sites for hydroxylation is 1. The van der Waals surface area contributed by atoms with E-state index >= 15 is 0 Å².